The molecule has 1 rings (SSSR count). The van der Waals surface area contributed by atoms with Gasteiger partial charge >= 0.3 is 0 Å². The van der Waals surface area contributed by atoms with Crippen molar-refractivity contribution in [2.75, 3.05) is 0 Å². The number of unbranched alkanes of at least 4 members (excludes halogenated alkanes) is 8. The highest BCUT2D eigenvalue weighted by atomic mass is 14.7. The van der Waals surface area contributed by atoms with E-state index in [9.17, 15) is 0 Å². The van der Waals surface area contributed by atoms with Crippen molar-refractivity contribution in [3.63, 3.8) is 0 Å². The van der Waals surface area contributed by atoms with Crippen molar-refractivity contribution in [1.29, 1.82) is 0 Å². The smallest absolute Gasteiger partial charge is 0.0377 e. The molecule has 1 heteroatoms. The minimum Gasteiger partial charge on any atom is -0.362 e. The number of aromatic amines is 1. The second kappa shape index (κ2) is 10.2. The largest absolute Gasteiger partial charge is 0.362 e. The van der Waals surface area contributed by atoms with Crippen LogP contribution >= 0.6 is 0 Å². The molecule has 1 heterocycles. The second-order valence-electron chi connectivity index (χ2n) is 4.79. The van der Waals surface area contributed by atoms with Crippen LogP contribution < -0.4 is 0 Å². The number of H-pyrrole nitrogens is 1. The Bertz CT molecular complexity index is 272. The van der Waals surface area contributed by atoms with E-state index in [4.69, 9.17) is 0 Å². The van der Waals surface area contributed by atoms with E-state index in [-0.39, 0.29) is 0 Å². The van der Waals surface area contributed by atoms with Crippen LogP contribution in [0.5, 0.6) is 0 Å². The van der Waals surface area contributed by atoms with Crippen LogP contribution in [0.4, 0.5) is 0 Å². The standard InChI is InChI=1S/C16H27N/c1-2-3-4-5-6-7-8-9-10-11-13-16-14-12-15-17-16/h11-15,17H,2-10H2,1H3. The minimum absolute atomic E-state index is 1.21. The first kappa shape index (κ1) is 14.1. The highest BCUT2D eigenvalue weighted by Gasteiger charge is 1.90. The first-order valence-corrected chi connectivity index (χ1v) is 7.23. The van der Waals surface area contributed by atoms with E-state index in [0.717, 1.165) is 0 Å². The number of nitrogens with one attached hydrogen (secondary N) is 1. The van der Waals surface area contributed by atoms with Crippen LogP contribution in [-0.4, -0.2) is 4.98 Å². The van der Waals surface area contributed by atoms with Gasteiger partial charge in [0, 0.05) is 11.9 Å². The average Bonchev–Trinajstić information content (AvgIpc) is 2.85. The summed E-state index contributed by atoms with van der Waals surface area (Å²) in [7, 11) is 0. The van der Waals surface area contributed by atoms with E-state index in [0.29, 0.717) is 0 Å². The normalized spacial score (nSPS) is 11.4. The molecule has 0 amide bonds. The van der Waals surface area contributed by atoms with Crippen molar-refractivity contribution in [2.45, 2.75) is 64.7 Å². The number of allylic oxidation sites excluding steroid dienone is 1. The van der Waals surface area contributed by atoms with Crippen molar-refractivity contribution in [1.82, 2.24) is 4.98 Å². The van der Waals surface area contributed by atoms with E-state index in [1.807, 2.05) is 12.3 Å². The predicted octanol–water partition coefficient (Wildman–Crippen LogP) is 5.56. The van der Waals surface area contributed by atoms with Gasteiger partial charge in [-0.2, -0.15) is 0 Å². The van der Waals surface area contributed by atoms with Gasteiger partial charge in [0.05, 0.1) is 0 Å². The summed E-state index contributed by atoms with van der Waals surface area (Å²) in [6.45, 7) is 2.27. The Hall–Kier alpha value is -0.980. The van der Waals surface area contributed by atoms with Gasteiger partial charge in [-0.15, -0.1) is 0 Å². The molecule has 0 radical (unpaired) electrons. The van der Waals surface area contributed by atoms with Gasteiger partial charge < -0.3 is 4.98 Å². The molecule has 0 aliphatic carbocycles. The first-order valence-electron chi connectivity index (χ1n) is 7.23. The zero-order valence-electron chi connectivity index (χ0n) is 11.3. The number of hydrogen-bond acceptors (Lipinski definition) is 0. The van der Waals surface area contributed by atoms with E-state index >= 15 is 0 Å². The molecule has 0 bridgehead atoms. The second-order valence-corrected chi connectivity index (χ2v) is 4.79. The SMILES string of the molecule is CCCCCCCCCCC=Cc1ccc[nH]1. The zero-order valence-corrected chi connectivity index (χ0v) is 11.3. The molecule has 96 valence electrons. The van der Waals surface area contributed by atoms with Crippen molar-refractivity contribution in [2.24, 2.45) is 0 Å². The van der Waals surface area contributed by atoms with Gasteiger partial charge in [0.2, 0.25) is 0 Å². The summed E-state index contributed by atoms with van der Waals surface area (Å²) in [5, 5.41) is 0. The monoisotopic (exact) mass is 233 g/mol. The van der Waals surface area contributed by atoms with Crippen LogP contribution in [0.15, 0.2) is 24.4 Å². The molecule has 0 unspecified atom stereocenters. The van der Waals surface area contributed by atoms with Gasteiger partial charge in [0.1, 0.15) is 0 Å². The molecule has 0 saturated heterocycles. The van der Waals surface area contributed by atoms with E-state index in [2.05, 4.69) is 30.1 Å². The molecular formula is C16H27N. The average molecular weight is 233 g/mol. The maximum Gasteiger partial charge on any atom is 0.0377 e. The molecule has 1 aromatic heterocycles. The fraction of sp³-hybridized carbons (Fsp3) is 0.625. The van der Waals surface area contributed by atoms with Crippen molar-refractivity contribution in [3.05, 3.63) is 30.1 Å². The Morgan fingerprint density at radius 3 is 2.35 bits per heavy atom. The Kier molecular flexibility index (Phi) is 8.44. The third-order valence-corrected chi connectivity index (χ3v) is 3.14. The summed E-state index contributed by atoms with van der Waals surface area (Å²) in [5.41, 5.74) is 1.21. The highest BCUT2D eigenvalue weighted by molar-refractivity contribution is 5.43. The van der Waals surface area contributed by atoms with Crippen LogP contribution in [0.2, 0.25) is 0 Å². The summed E-state index contributed by atoms with van der Waals surface area (Å²) in [6, 6.07) is 4.14. The molecule has 0 aliphatic heterocycles. The van der Waals surface area contributed by atoms with Crippen LogP contribution in [0.25, 0.3) is 6.08 Å². The van der Waals surface area contributed by atoms with Gasteiger partial charge in [0.15, 0.2) is 0 Å². The lowest BCUT2D eigenvalue weighted by Crippen LogP contribution is -1.80. The molecule has 1 aromatic rings. The topological polar surface area (TPSA) is 15.8 Å². The molecule has 0 aliphatic rings. The van der Waals surface area contributed by atoms with E-state index in [1.54, 1.807) is 0 Å². The van der Waals surface area contributed by atoms with Crippen LogP contribution in [0, 0.1) is 0 Å². The molecule has 0 saturated carbocycles. The third-order valence-electron chi connectivity index (χ3n) is 3.14. The maximum atomic E-state index is 3.18. The first-order chi connectivity index (χ1) is 8.43. The molecule has 1 N–H and O–H groups in total. The molecule has 0 atom stereocenters. The molecule has 0 aromatic carbocycles. The number of rotatable bonds is 10. The fourth-order valence-corrected chi connectivity index (χ4v) is 2.05. The quantitative estimate of drug-likeness (QED) is 0.509. The lowest BCUT2D eigenvalue weighted by atomic mass is 10.1. The summed E-state index contributed by atoms with van der Waals surface area (Å²) in [5.74, 6) is 0. The van der Waals surface area contributed by atoms with Crippen LogP contribution in [-0.2, 0) is 0 Å². The van der Waals surface area contributed by atoms with Crippen molar-refractivity contribution < 1.29 is 0 Å². The van der Waals surface area contributed by atoms with E-state index < -0.39 is 0 Å². The predicted molar refractivity (Wildman–Crippen MR) is 77.1 cm³/mol. The highest BCUT2D eigenvalue weighted by Crippen LogP contribution is 2.10. The molecular weight excluding hydrogens is 206 g/mol. The summed E-state index contributed by atoms with van der Waals surface area (Å²) in [4.78, 5) is 3.18. The fourth-order valence-electron chi connectivity index (χ4n) is 2.05. The Labute approximate surface area is 106 Å². The van der Waals surface area contributed by atoms with Gasteiger partial charge in [-0.1, -0.05) is 57.9 Å². The summed E-state index contributed by atoms with van der Waals surface area (Å²) >= 11 is 0. The maximum absolute atomic E-state index is 3.18. The van der Waals surface area contributed by atoms with Gasteiger partial charge in [0.25, 0.3) is 0 Å². The van der Waals surface area contributed by atoms with Crippen molar-refractivity contribution >= 4 is 6.08 Å². The lowest BCUT2D eigenvalue weighted by molar-refractivity contribution is 0.578. The van der Waals surface area contributed by atoms with Crippen molar-refractivity contribution in [3.8, 4) is 0 Å². The Morgan fingerprint density at radius 1 is 1.00 bits per heavy atom. The lowest BCUT2D eigenvalue weighted by Gasteiger charge is -1.99. The zero-order chi connectivity index (χ0) is 12.2. The van der Waals surface area contributed by atoms with E-state index in [1.165, 1.54) is 63.5 Å². The van der Waals surface area contributed by atoms with Gasteiger partial charge in [-0.3, -0.25) is 0 Å². The number of aromatic nitrogens is 1. The summed E-state index contributed by atoms with van der Waals surface area (Å²) in [6.07, 6.45) is 18.9. The third kappa shape index (κ3) is 7.84. The molecule has 0 spiro atoms. The molecule has 1 nitrogen and oxygen atoms in total. The van der Waals surface area contributed by atoms with Crippen LogP contribution in [0.3, 0.4) is 0 Å². The minimum atomic E-state index is 1.21. The van der Waals surface area contributed by atoms with Crippen LogP contribution in [0.1, 0.15) is 70.4 Å². The Morgan fingerprint density at radius 2 is 1.71 bits per heavy atom. The van der Waals surface area contributed by atoms with Gasteiger partial charge in [-0.05, 0) is 31.1 Å². The summed E-state index contributed by atoms with van der Waals surface area (Å²) < 4.78 is 0. The molecule has 17 heavy (non-hydrogen) atoms. The molecule has 0 fully saturated rings. The van der Waals surface area contributed by atoms with Gasteiger partial charge in [-0.25, -0.2) is 0 Å². The Balaban J connectivity index is 1.84. The number of hydrogen-bond donors (Lipinski definition) is 1.